The summed E-state index contributed by atoms with van der Waals surface area (Å²) in [5.74, 6) is 8.57. The Morgan fingerprint density at radius 1 is 0.913 bits per heavy atom. The smallest absolute Gasteiger partial charge is 0.124 e. The first-order chi connectivity index (χ1) is 11.3. The van der Waals surface area contributed by atoms with E-state index in [4.69, 9.17) is 0 Å². The number of halogens is 1. The first kappa shape index (κ1) is 20.1. The van der Waals surface area contributed by atoms with Crippen LogP contribution in [0.1, 0.15) is 76.7 Å². The molecule has 0 nitrogen and oxygen atoms in total. The third-order valence-corrected chi connectivity index (χ3v) is 4.84. The minimum atomic E-state index is -0.207. The summed E-state index contributed by atoms with van der Waals surface area (Å²) >= 11 is 2.06. The van der Waals surface area contributed by atoms with Crippen LogP contribution in [0.15, 0.2) is 24.3 Å². The number of hydrogen-bond acceptors (Lipinski definition) is 1. The van der Waals surface area contributed by atoms with Gasteiger partial charge in [-0.05, 0) is 42.5 Å². The normalized spacial score (nSPS) is 10.3. The fraction of sp³-hybridized carbons (Fsp3) is 0.619. The van der Waals surface area contributed by atoms with Crippen molar-refractivity contribution in [2.24, 2.45) is 0 Å². The molecule has 0 spiro atoms. The molecule has 0 fully saturated rings. The van der Waals surface area contributed by atoms with E-state index >= 15 is 0 Å². The maximum absolute atomic E-state index is 13.0. The molecular formula is C21H31FS. The molecule has 2 heteroatoms. The standard InChI is InChI=1S/C21H31FS/c1-2-23-18-13-11-9-7-5-3-4-6-8-10-12-15-20-16-14-17-21(22)19-20/h14,16-17,19H,2-11,13,18H2,1H3. The maximum Gasteiger partial charge on any atom is 0.124 e. The zero-order valence-corrected chi connectivity index (χ0v) is 15.4. The molecule has 0 aliphatic heterocycles. The van der Waals surface area contributed by atoms with Gasteiger partial charge in [0, 0.05) is 12.0 Å². The second-order valence-electron chi connectivity index (χ2n) is 5.94. The first-order valence-corrected chi connectivity index (χ1v) is 10.3. The summed E-state index contributed by atoms with van der Waals surface area (Å²) in [5, 5.41) is 0. The number of thioether (sulfide) groups is 1. The minimum Gasteiger partial charge on any atom is -0.207 e. The summed E-state index contributed by atoms with van der Waals surface area (Å²) < 4.78 is 13.0. The molecule has 0 saturated heterocycles. The van der Waals surface area contributed by atoms with Crippen molar-refractivity contribution in [1.82, 2.24) is 0 Å². The Morgan fingerprint density at radius 2 is 1.57 bits per heavy atom. The Balaban J connectivity index is 1.87. The van der Waals surface area contributed by atoms with Crippen LogP contribution in [0.4, 0.5) is 4.39 Å². The molecule has 0 unspecified atom stereocenters. The van der Waals surface area contributed by atoms with E-state index in [1.165, 1.54) is 75.0 Å². The molecule has 0 saturated carbocycles. The maximum atomic E-state index is 13.0. The molecule has 0 atom stereocenters. The molecule has 0 aliphatic carbocycles. The lowest BCUT2D eigenvalue weighted by molar-refractivity contribution is 0.568. The highest BCUT2D eigenvalue weighted by Gasteiger charge is 1.93. The van der Waals surface area contributed by atoms with Gasteiger partial charge in [-0.3, -0.25) is 0 Å². The van der Waals surface area contributed by atoms with Crippen LogP contribution in [-0.4, -0.2) is 11.5 Å². The van der Waals surface area contributed by atoms with E-state index in [-0.39, 0.29) is 5.82 Å². The summed E-state index contributed by atoms with van der Waals surface area (Å²) in [5.41, 5.74) is 0.780. The number of benzene rings is 1. The minimum absolute atomic E-state index is 0.207. The van der Waals surface area contributed by atoms with E-state index in [9.17, 15) is 4.39 Å². The van der Waals surface area contributed by atoms with Gasteiger partial charge in [0.25, 0.3) is 0 Å². The molecule has 0 aromatic heterocycles. The number of unbranched alkanes of at least 4 members (excludes halogenated alkanes) is 9. The molecule has 0 bridgehead atoms. The van der Waals surface area contributed by atoms with Gasteiger partial charge >= 0.3 is 0 Å². The molecule has 1 aromatic rings. The fourth-order valence-electron chi connectivity index (χ4n) is 2.53. The van der Waals surface area contributed by atoms with Gasteiger partial charge in [0.15, 0.2) is 0 Å². The highest BCUT2D eigenvalue weighted by atomic mass is 32.2. The van der Waals surface area contributed by atoms with Crippen molar-refractivity contribution in [3.63, 3.8) is 0 Å². The highest BCUT2D eigenvalue weighted by molar-refractivity contribution is 7.99. The van der Waals surface area contributed by atoms with E-state index in [1.54, 1.807) is 6.07 Å². The van der Waals surface area contributed by atoms with E-state index in [1.807, 2.05) is 6.07 Å². The predicted octanol–water partition coefficient (Wildman–Crippen LogP) is 6.83. The lowest BCUT2D eigenvalue weighted by atomic mass is 10.1. The van der Waals surface area contributed by atoms with Crippen molar-refractivity contribution in [2.45, 2.75) is 71.1 Å². The fourth-order valence-corrected chi connectivity index (χ4v) is 3.23. The van der Waals surface area contributed by atoms with E-state index in [0.717, 1.165) is 18.4 Å². The van der Waals surface area contributed by atoms with Gasteiger partial charge in [0.05, 0.1) is 0 Å². The summed E-state index contributed by atoms with van der Waals surface area (Å²) in [6, 6.07) is 6.52. The van der Waals surface area contributed by atoms with E-state index in [0.29, 0.717) is 0 Å². The van der Waals surface area contributed by atoms with Crippen LogP contribution in [-0.2, 0) is 0 Å². The molecule has 1 rings (SSSR count). The van der Waals surface area contributed by atoms with Gasteiger partial charge in [-0.25, -0.2) is 4.39 Å². The molecule has 0 radical (unpaired) electrons. The molecular weight excluding hydrogens is 303 g/mol. The second-order valence-corrected chi connectivity index (χ2v) is 7.33. The van der Waals surface area contributed by atoms with Crippen LogP contribution < -0.4 is 0 Å². The molecule has 128 valence electrons. The molecule has 0 aliphatic rings. The van der Waals surface area contributed by atoms with Crippen molar-refractivity contribution in [3.8, 4) is 11.8 Å². The summed E-state index contributed by atoms with van der Waals surface area (Å²) in [6.07, 6.45) is 13.0. The SMILES string of the molecule is CCSCCCCCCCCCCCC#Cc1cccc(F)c1. The zero-order valence-electron chi connectivity index (χ0n) is 14.6. The predicted molar refractivity (Wildman–Crippen MR) is 102 cm³/mol. The number of hydrogen-bond donors (Lipinski definition) is 0. The second kappa shape index (κ2) is 14.6. The Morgan fingerprint density at radius 3 is 2.22 bits per heavy atom. The topological polar surface area (TPSA) is 0 Å². The van der Waals surface area contributed by atoms with Gasteiger partial charge < -0.3 is 0 Å². The Bertz CT molecular complexity index is 458. The monoisotopic (exact) mass is 334 g/mol. The third kappa shape index (κ3) is 12.2. The Labute approximate surface area is 146 Å². The number of rotatable bonds is 12. The van der Waals surface area contributed by atoms with Gasteiger partial charge in [-0.1, -0.05) is 69.8 Å². The molecule has 0 heterocycles. The van der Waals surface area contributed by atoms with E-state index in [2.05, 4.69) is 30.5 Å². The highest BCUT2D eigenvalue weighted by Crippen LogP contribution is 2.12. The van der Waals surface area contributed by atoms with E-state index < -0.39 is 0 Å². The van der Waals surface area contributed by atoms with Crippen molar-refractivity contribution >= 4 is 11.8 Å². The molecule has 0 amide bonds. The van der Waals surface area contributed by atoms with Crippen LogP contribution in [0.5, 0.6) is 0 Å². The quantitative estimate of drug-likeness (QED) is 0.298. The lowest BCUT2D eigenvalue weighted by Gasteiger charge is -2.01. The average Bonchev–Trinajstić information content (AvgIpc) is 2.55. The van der Waals surface area contributed by atoms with Crippen molar-refractivity contribution in [2.75, 3.05) is 11.5 Å². The summed E-state index contributed by atoms with van der Waals surface area (Å²) in [7, 11) is 0. The van der Waals surface area contributed by atoms with Crippen LogP contribution in [0.2, 0.25) is 0 Å². The summed E-state index contributed by atoms with van der Waals surface area (Å²) in [4.78, 5) is 0. The van der Waals surface area contributed by atoms with Crippen molar-refractivity contribution < 1.29 is 4.39 Å². The summed E-state index contributed by atoms with van der Waals surface area (Å²) in [6.45, 7) is 2.23. The van der Waals surface area contributed by atoms with Gasteiger partial charge in [0.2, 0.25) is 0 Å². The van der Waals surface area contributed by atoms with Crippen molar-refractivity contribution in [3.05, 3.63) is 35.6 Å². The zero-order chi connectivity index (χ0) is 16.6. The van der Waals surface area contributed by atoms with Gasteiger partial charge in [0.1, 0.15) is 5.82 Å². The van der Waals surface area contributed by atoms with Gasteiger partial charge in [-0.2, -0.15) is 11.8 Å². The van der Waals surface area contributed by atoms with Gasteiger partial charge in [-0.15, -0.1) is 0 Å². The van der Waals surface area contributed by atoms with Crippen LogP contribution in [0.3, 0.4) is 0 Å². The molecule has 1 aromatic carbocycles. The largest absolute Gasteiger partial charge is 0.207 e. The first-order valence-electron chi connectivity index (χ1n) is 9.15. The van der Waals surface area contributed by atoms with Crippen molar-refractivity contribution in [1.29, 1.82) is 0 Å². The Kier molecular flexibility index (Phi) is 12.8. The van der Waals surface area contributed by atoms with Crippen LogP contribution >= 0.6 is 11.8 Å². The Hall–Kier alpha value is -0.940. The molecule has 23 heavy (non-hydrogen) atoms. The van der Waals surface area contributed by atoms with Crippen LogP contribution in [0, 0.1) is 17.7 Å². The third-order valence-electron chi connectivity index (χ3n) is 3.85. The lowest BCUT2D eigenvalue weighted by Crippen LogP contribution is -1.84. The molecule has 0 N–H and O–H groups in total. The average molecular weight is 335 g/mol. The van der Waals surface area contributed by atoms with Crippen LogP contribution in [0.25, 0.3) is 0 Å².